The van der Waals surface area contributed by atoms with Crippen LogP contribution < -0.4 is 0 Å². The Morgan fingerprint density at radius 1 is 0.347 bits per heavy atom. The number of hydrogen-bond donors (Lipinski definition) is 0. The molecule has 0 bridgehead atoms. The molecule has 0 aliphatic carbocycles. The predicted molar refractivity (Wildman–Crippen MR) is 208 cm³/mol. The van der Waals surface area contributed by atoms with Crippen LogP contribution in [0.1, 0.15) is 17.8 Å². The zero-order valence-electron chi connectivity index (χ0n) is 38.7. The van der Waals surface area contributed by atoms with Crippen molar-refractivity contribution in [3.05, 3.63) is 182 Å². The highest BCUT2D eigenvalue weighted by molar-refractivity contribution is 6.22. The third-order valence-corrected chi connectivity index (χ3v) is 9.08. The first-order chi connectivity index (χ1) is 29.7. The number of hydrogen-bond acceptors (Lipinski definition) is 1. The fourth-order valence-corrected chi connectivity index (χ4v) is 6.87. The first kappa shape index (κ1) is 17.6. The van der Waals surface area contributed by atoms with E-state index in [0.29, 0.717) is 16.3 Å². The molecule has 49 heavy (non-hydrogen) atoms. The molecule has 0 aliphatic heterocycles. The Morgan fingerprint density at radius 2 is 0.837 bits per heavy atom. The molecule has 0 saturated heterocycles. The van der Waals surface area contributed by atoms with Crippen molar-refractivity contribution in [1.29, 1.82) is 0 Å². The van der Waals surface area contributed by atoms with Crippen molar-refractivity contribution in [2.24, 2.45) is 0 Å². The third-order valence-electron chi connectivity index (χ3n) is 9.08. The lowest BCUT2D eigenvalue weighted by molar-refractivity contribution is 0.672. The minimum atomic E-state index is -0.761. The number of fused-ring (bicyclic) bond motifs is 7. The molecular weight excluding hydrogens is 593 g/mol. The Labute approximate surface area is 302 Å². The van der Waals surface area contributed by atoms with Crippen LogP contribution in [0, 0.1) is 0 Å². The van der Waals surface area contributed by atoms with Gasteiger partial charge in [0.1, 0.15) is 11.2 Å². The van der Waals surface area contributed by atoms with Gasteiger partial charge in [0.15, 0.2) is 0 Å². The summed E-state index contributed by atoms with van der Waals surface area (Å²) in [6, 6.07) is 24.7. The lowest BCUT2D eigenvalue weighted by atomic mass is 9.85. The molecular formula is C48H30O. The second-order valence-electron chi connectivity index (χ2n) is 11.8. The van der Waals surface area contributed by atoms with Gasteiger partial charge in [0, 0.05) is 16.2 Å². The van der Waals surface area contributed by atoms with E-state index in [0.717, 1.165) is 54.6 Å². The van der Waals surface area contributed by atoms with Crippen molar-refractivity contribution >= 4 is 54.3 Å². The smallest absolute Gasteiger partial charge is 0.143 e. The maximum Gasteiger partial charge on any atom is 0.143 e. The van der Waals surface area contributed by atoms with Crippen molar-refractivity contribution in [2.75, 3.05) is 0 Å². The monoisotopic (exact) mass is 635 g/mol. The Balaban J connectivity index is 1.20. The normalized spacial score (nSPS) is 15.4. The maximum absolute atomic E-state index is 9.46. The second-order valence-corrected chi connectivity index (χ2v) is 11.8. The van der Waals surface area contributed by atoms with E-state index >= 15 is 0 Å². The summed E-state index contributed by atoms with van der Waals surface area (Å²) in [6.07, 6.45) is 0. The molecule has 10 rings (SSSR count). The van der Waals surface area contributed by atoms with Crippen molar-refractivity contribution in [1.82, 2.24) is 0 Å². The molecule has 0 radical (unpaired) electrons. The van der Waals surface area contributed by atoms with E-state index < -0.39 is 101 Å². The third kappa shape index (κ3) is 4.47. The average Bonchev–Trinajstić information content (AvgIpc) is 3.67. The van der Waals surface area contributed by atoms with Gasteiger partial charge < -0.3 is 4.42 Å². The fourth-order valence-electron chi connectivity index (χ4n) is 6.87. The molecule has 1 heterocycles. The Kier molecular flexibility index (Phi) is 3.99. The van der Waals surface area contributed by atoms with Crippen LogP contribution in [0.25, 0.3) is 98.8 Å². The highest BCUT2D eigenvalue weighted by Crippen LogP contribution is 2.45. The van der Waals surface area contributed by atoms with E-state index in [2.05, 4.69) is 18.2 Å². The Bertz CT molecular complexity index is 3490. The van der Waals surface area contributed by atoms with E-state index in [1.54, 1.807) is 0 Å². The quantitative estimate of drug-likeness (QED) is 0.175. The van der Waals surface area contributed by atoms with Gasteiger partial charge in [-0.1, -0.05) is 163 Å². The molecule has 0 unspecified atom stereocenters. The van der Waals surface area contributed by atoms with Crippen LogP contribution in [0.5, 0.6) is 0 Å². The minimum absolute atomic E-state index is 0.0168. The summed E-state index contributed by atoms with van der Waals surface area (Å²) in [5, 5.41) is 6.89. The summed E-state index contributed by atoms with van der Waals surface area (Å²) >= 11 is 0. The predicted octanol–water partition coefficient (Wildman–Crippen LogP) is 13.7. The van der Waals surface area contributed by atoms with Gasteiger partial charge in [-0.2, -0.15) is 0 Å². The zero-order valence-corrected chi connectivity index (χ0v) is 25.7. The highest BCUT2D eigenvalue weighted by atomic mass is 16.3. The van der Waals surface area contributed by atoms with Crippen molar-refractivity contribution in [3.8, 4) is 44.5 Å². The summed E-state index contributed by atoms with van der Waals surface area (Å²) < 4.78 is 121. The molecule has 228 valence electrons. The molecule has 0 atom stereocenters. The molecule has 0 N–H and O–H groups in total. The van der Waals surface area contributed by atoms with E-state index in [1.807, 2.05) is 84.9 Å². The summed E-state index contributed by atoms with van der Waals surface area (Å²) in [5.74, 6) is 0. The topological polar surface area (TPSA) is 13.1 Å². The summed E-state index contributed by atoms with van der Waals surface area (Å²) in [4.78, 5) is 0. The Morgan fingerprint density at radius 3 is 1.43 bits per heavy atom. The number of rotatable bonds is 4. The molecule has 0 saturated carbocycles. The van der Waals surface area contributed by atoms with Crippen LogP contribution in [0.2, 0.25) is 0 Å². The lowest BCUT2D eigenvalue weighted by Gasteiger charge is -2.18. The molecule has 1 heteroatoms. The lowest BCUT2D eigenvalue weighted by Crippen LogP contribution is -1.91. The fraction of sp³-hybridized carbons (Fsp3) is 0. The van der Waals surface area contributed by atoms with Gasteiger partial charge >= 0.3 is 0 Å². The van der Waals surface area contributed by atoms with Gasteiger partial charge in [-0.05, 0) is 89.6 Å². The Hall–Kier alpha value is -6.44. The molecule has 10 aromatic rings. The zero-order chi connectivity index (χ0) is 43.6. The van der Waals surface area contributed by atoms with Crippen LogP contribution in [0.3, 0.4) is 0 Å². The molecule has 0 spiro atoms. The molecule has 1 aromatic heterocycles. The van der Waals surface area contributed by atoms with Crippen LogP contribution in [0.15, 0.2) is 186 Å². The van der Waals surface area contributed by atoms with Crippen LogP contribution in [-0.2, 0) is 0 Å². The first-order valence-electron chi connectivity index (χ1n) is 22.3. The van der Waals surface area contributed by atoms with E-state index in [-0.39, 0.29) is 5.56 Å². The van der Waals surface area contributed by atoms with Gasteiger partial charge in [0.25, 0.3) is 0 Å². The minimum Gasteiger partial charge on any atom is -0.455 e. The van der Waals surface area contributed by atoms with Crippen LogP contribution >= 0.6 is 0 Å². The van der Waals surface area contributed by atoms with Crippen molar-refractivity contribution < 1.29 is 22.2 Å². The molecule has 9 aromatic carbocycles. The van der Waals surface area contributed by atoms with Gasteiger partial charge in [0.2, 0.25) is 0 Å². The van der Waals surface area contributed by atoms with Gasteiger partial charge in [0.05, 0.1) is 17.8 Å². The van der Waals surface area contributed by atoms with Gasteiger partial charge in [-0.15, -0.1) is 0 Å². The highest BCUT2D eigenvalue weighted by Gasteiger charge is 2.18. The second kappa shape index (κ2) is 11.1. The molecule has 0 aliphatic rings. The number of benzene rings is 9. The van der Waals surface area contributed by atoms with Gasteiger partial charge in [-0.25, -0.2) is 0 Å². The summed E-state index contributed by atoms with van der Waals surface area (Å²) in [6.45, 7) is 0. The van der Waals surface area contributed by atoms with Gasteiger partial charge in [-0.3, -0.25) is 0 Å². The standard InChI is InChI=1S/C48H30O/c1-2-10-31(11-3-1)32-18-20-33(21-19-32)34-22-24-36(25-23-34)46-39-14-6-8-16-41(39)47(42-17-9-7-15-40(42)46)37-27-29-45-44(30-37)43-28-26-35-12-4-5-13-38(35)48(43)49-45/h1-30H/i1D,2D,3D,10D,11D,18D,19D,20D,21D,22D,23D,24D,25D. The van der Waals surface area contributed by atoms with E-state index in [4.69, 9.17) is 16.8 Å². The van der Waals surface area contributed by atoms with E-state index in [1.165, 1.54) is 0 Å². The van der Waals surface area contributed by atoms with Crippen molar-refractivity contribution in [3.63, 3.8) is 0 Å². The molecule has 0 fully saturated rings. The average molecular weight is 636 g/mol. The van der Waals surface area contributed by atoms with E-state index in [9.17, 15) is 5.48 Å². The van der Waals surface area contributed by atoms with Crippen molar-refractivity contribution in [2.45, 2.75) is 0 Å². The summed E-state index contributed by atoms with van der Waals surface area (Å²) in [7, 11) is 0. The van der Waals surface area contributed by atoms with Crippen LogP contribution in [-0.4, -0.2) is 0 Å². The van der Waals surface area contributed by atoms with Crippen LogP contribution in [0.4, 0.5) is 0 Å². The summed E-state index contributed by atoms with van der Waals surface area (Å²) in [5.41, 5.74) is 1.71. The first-order valence-corrected chi connectivity index (χ1v) is 15.8. The maximum atomic E-state index is 9.46. The number of furan rings is 1. The molecule has 0 amide bonds. The SMILES string of the molecule is [2H]c1c([2H])c([2H])c(-c2c([2H])c([2H])c(-c3c([2H])c([2H])c(-c4c5ccccc5c(-c5ccc6oc7c8ccccc8ccc7c6c5)c5ccccc45)c([2H])c3[2H])c([2H])c2[2H])c([2H])c1[2H]. The molecule has 1 nitrogen and oxygen atoms in total. The largest absolute Gasteiger partial charge is 0.455 e.